The van der Waals surface area contributed by atoms with Crippen LogP contribution in [0.1, 0.15) is 46.5 Å². The third-order valence-electron chi connectivity index (χ3n) is 4.68. The minimum absolute atomic E-state index is 0.0957. The lowest BCUT2D eigenvalue weighted by Gasteiger charge is -2.33. The first kappa shape index (κ1) is 17.9. The van der Waals surface area contributed by atoms with Crippen molar-refractivity contribution in [2.75, 3.05) is 33.8 Å². The molecular weight excluding hydrogens is 252 g/mol. The average molecular weight is 286 g/mol. The van der Waals surface area contributed by atoms with Gasteiger partial charge in [0, 0.05) is 18.6 Å². The van der Waals surface area contributed by atoms with E-state index in [9.17, 15) is 5.11 Å². The van der Waals surface area contributed by atoms with Gasteiger partial charge in [-0.05, 0) is 46.7 Å². The highest BCUT2D eigenvalue weighted by atomic mass is 16.5. The van der Waals surface area contributed by atoms with Crippen LogP contribution < -0.4 is 5.32 Å². The maximum atomic E-state index is 10.0. The van der Waals surface area contributed by atoms with Crippen LogP contribution in [0.25, 0.3) is 0 Å². The number of rotatable bonds is 8. The van der Waals surface area contributed by atoms with Gasteiger partial charge in [-0.25, -0.2) is 0 Å². The van der Waals surface area contributed by atoms with Gasteiger partial charge < -0.3 is 20.1 Å². The molecule has 2 N–H and O–H groups in total. The van der Waals surface area contributed by atoms with E-state index in [0.717, 1.165) is 13.0 Å². The van der Waals surface area contributed by atoms with E-state index in [4.69, 9.17) is 4.74 Å². The first-order valence-corrected chi connectivity index (χ1v) is 8.00. The third-order valence-corrected chi connectivity index (χ3v) is 4.68. The zero-order chi connectivity index (χ0) is 15.2. The van der Waals surface area contributed by atoms with E-state index in [1.54, 1.807) is 0 Å². The summed E-state index contributed by atoms with van der Waals surface area (Å²) in [5.41, 5.74) is 0.0957. The van der Waals surface area contributed by atoms with Crippen molar-refractivity contribution >= 4 is 0 Å². The van der Waals surface area contributed by atoms with E-state index in [1.807, 2.05) is 0 Å². The van der Waals surface area contributed by atoms with Gasteiger partial charge in [-0.2, -0.15) is 0 Å². The Morgan fingerprint density at radius 2 is 1.95 bits per heavy atom. The van der Waals surface area contributed by atoms with Crippen LogP contribution in [0.2, 0.25) is 0 Å². The van der Waals surface area contributed by atoms with Crippen molar-refractivity contribution in [3.63, 3.8) is 0 Å². The highest BCUT2D eigenvalue weighted by Crippen LogP contribution is 2.26. The van der Waals surface area contributed by atoms with Crippen molar-refractivity contribution in [3.8, 4) is 0 Å². The lowest BCUT2D eigenvalue weighted by molar-refractivity contribution is -0.0455. The van der Waals surface area contributed by atoms with Gasteiger partial charge in [0.05, 0.1) is 18.8 Å². The molecule has 0 amide bonds. The first-order valence-electron chi connectivity index (χ1n) is 8.00. The molecule has 3 unspecified atom stereocenters. The minimum Gasteiger partial charge on any atom is -0.389 e. The fourth-order valence-corrected chi connectivity index (χ4v) is 2.53. The molecule has 120 valence electrons. The zero-order valence-corrected chi connectivity index (χ0v) is 14.0. The molecule has 1 rings (SSSR count). The quantitative estimate of drug-likeness (QED) is 0.715. The summed E-state index contributed by atoms with van der Waals surface area (Å²) in [6, 6.07) is 0. The monoisotopic (exact) mass is 286 g/mol. The maximum Gasteiger partial charge on any atom is 0.0897 e. The Morgan fingerprint density at radius 3 is 2.55 bits per heavy atom. The van der Waals surface area contributed by atoms with Crippen LogP contribution in [0.15, 0.2) is 0 Å². The number of nitrogens with zero attached hydrogens (tertiary/aromatic N) is 1. The number of likely N-dealkylation sites (N-methyl/N-ethyl adjacent to an activating group) is 1. The third kappa shape index (κ3) is 6.08. The number of nitrogens with one attached hydrogen (secondary N) is 1. The summed E-state index contributed by atoms with van der Waals surface area (Å²) in [4.78, 5) is 2.19. The van der Waals surface area contributed by atoms with Crippen molar-refractivity contribution in [3.05, 3.63) is 0 Å². The Labute approximate surface area is 124 Å². The summed E-state index contributed by atoms with van der Waals surface area (Å²) in [6.07, 6.45) is 4.93. The smallest absolute Gasteiger partial charge is 0.0897 e. The van der Waals surface area contributed by atoms with Crippen molar-refractivity contribution in [2.45, 2.75) is 64.2 Å². The predicted molar refractivity (Wildman–Crippen MR) is 84.0 cm³/mol. The lowest BCUT2D eigenvalue weighted by atomic mass is 9.88. The fraction of sp³-hybridized carbons (Fsp3) is 1.00. The highest BCUT2D eigenvalue weighted by Gasteiger charge is 2.23. The second-order valence-corrected chi connectivity index (χ2v) is 7.13. The highest BCUT2D eigenvalue weighted by molar-refractivity contribution is 4.80. The van der Waals surface area contributed by atoms with Gasteiger partial charge in [0.2, 0.25) is 0 Å². The molecule has 20 heavy (non-hydrogen) atoms. The summed E-state index contributed by atoms with van der Waals surface area (Å²) >= 11 is 0. The first-order chi connectivity index (χ1) is 9.33. The minimum atomic E-state index is -0.415. The molecule has 0 aliphatic heterocycles. The van der Waals surface area contributed by atoms with Crippen LogP contribution in [-0.2, 0) is 4.74 Å². The molecule has 0 aromatic carbocycles. The van der Waals surface area contributed by atoms with Crippen LogP contribution in [0.4, 0.5) is 0 Å². The van der Waals surface area contributed by atoms with E-state index >= 15 is 0 Å². The summed E-state index contributed by atoms with van der Waals surface area (Å²) in [6.45, 7) is 8.53. The SMILES string of the molecule is CC1CCCCC1OCC(O)CNCC(C)(C)N(C)C. The van der Waals surface area contributed by atoms with Gasteiger partial charge in [0.15, 0.2) is 0 Å². The van der Waals surface area contributed by atoms with Crippen molar-refractivity contribution < 1.29 is 9.84 Å². The molecule has 0 heterocycles. The maximum absolute atomic E-state index is 10.0. The Bertz CT molecular complexity index is 269. The number of ether oxygens (including phenoxy) is 1. The van der Waals surface area contributed by atoms with E-state index in [2.05, 4.69) is 45.1 Å². The van der Waals surface area contributed by atoms with E-state index in [0.29, 0.717) is 25.2 Å². The molecule has 0 radical (unpaired) electrons. The molecule has 0 saturated heterocycles. The molecule has 4 nitrogen and oxygen atoms in total. The van der Waals surface area contributed by atoms with E-state index < -0.39 is 6.10 Å². The van der Waals surface area contributed by atoms with Crippen molar-refractivity contribution in [2.24, 2.45) is 5.92 Å². The topological polar surface area (TPSA) is 44.7 Å². The molecule has 4 heteroatoms. The molecule has 0 bridgehead atoms. The summed E-state index contributed by atoms with van der Waals surface area (Å²) in [7, 11) is 4.15. The Balaban J connectivity index is 2.15. The van der Waals surface area contributed by atoms with Crippen LogP contribution in [0.5, 0.6) is 0 Å². The molecular formula is C16H34N2O2. The van der Waals surface area contributed by atoms with Gasteiger partial charge in [-0.3, -0.25) is 0 Å². The van der Waals surface area contributed by atoms with Gasteiger partial charge >= 0.3 is 0 Å². The molecule has 0 aromatic rings. The molecule has 1 fully saturated rings. The van der Waals surface area contributed by atoms with Crippen molar-refractivity contribution in [1.29, 1.82) is 0 Å². The fourth-order valence-electron chi connectivity index (χ4n) is 2.53. The Morgan fingerprint density at radius 1 is 1.30 bits per heavy atom. The standard InChI is InChI=1S/C16H34N2O2/c1-13-8-6-7-9-15(13)20-11-14(19)10-17-12-16(2,3)18(4)5/h13-15,17,19H,6-12H2,1-5H3. The lowest BCUT2D eigenvalue weighted by Crippen LogP contribution is -2.48. The predicted octanol–water partition coefficient (Wildman–Crippen LogP) is 1.87. The number of hydrogen-bond acceptors (Lipinski definition) is 4. The summed E-state index contributed by atoms with van der Waals surface area (Å²) < 4.78 is 5.89. The van der Waals surface area contributed by atoms with Gasteiger partial charge in [0.1, 0.15) is 0 Å². The number of hydrogen-bond donors (Lipinski definition) is 2. The molecule has 3 atom stereocenters. The largest absolute Gasteiger partial charge is 0.389 e. The average Bonchev–Trinajstić information content (AvgIpc) is 2.37. The molecule has 1 aliphatic carbocycles. The van der Waals surface area contributed by atoms with Crippen LogP contribution >= 0.6 is 0 Å². The number of aliphatic hydroxyl groups is 1. The molecule has 1 aliphatic rings. The summed E-state index contributed by atoms with van der Waals surface area (Å²) in [5, 5.41) is 13.3. The van der Waals surface area contributed by atoms with Gasteiger partial charge in [0.25, 0.3) is 0 Å². The molecule has 0 spiro atoms. The second kappa shape index (κ2) is 8.32. The van der Waals surface area contributed by atoms with Crippen LogP contribution in [0.3, 0.4) is 0 Å². The molecule has 1 saturated carbocycles. The molecule has 0 aromatic heterocycles. The Kier molecular flexibility index (Phi) is 7.45. The van der Waals surface area contributed by atoms with Crippen LogP contribution in [-0.4, -0.2) is 61.5 Å². The van der Waals surface area contributed by atoms with Crippen molar-refractivity contribution in [1.82, 2.24) is 10.2 Å². The zero-order valence-electron chi connectivity index (χ0n) is 14.0. The van der Waals surface area contributed by atoms with Gasteiger partial charge in [-0.15, -0.1) is 0 Å². The second-order valence-electron chi connectivity index (χ2n) is 7.13. The van der Waals surface area contributed by atoms with Crippen LogP contribution in [0, 0.1) is 5.92 Å². The Hall–Kier alpha value is -0.160. The van der Waals surface area contributed by atoms with Gasteiger partial charge in [-0.1, -0.05) is 19.8 Å². The van der Waals surface area contributed by atoms with E-state index in [-0.39, 0.29) is 5.54 Å². The number of aliphatic hydroxyl groups excluding tert-OH is 1. The summed E-state index contributed by atoms with van der Waals surface area (Å²) in [5.74, 6) is 0.636. The van der Waals surface area contributed by atoms with E-state index in [1.165, 1.54) is 19.3 Å². The normalized spacial score (nSPS) is 25.9.